The second-order valence-corrected chi connectivity index (χ2v) is 30.9. The zero-order valence-corrected chi connectivity index (χ0v) is 64.3. The van der Waals surface area contributed by atoms with Crippen molar-refractivity contribution in [3.05, 3.63) is 0 Å². The summed E-state index contributed by atoms with van der Waals surface area (Å²) in [6.07, 6.45) is 59.5. The Labute approximate surface area is 588 Å². The molecule has 570 valence electrons. The Bertz CT molecular complexity index is 1840. The number of phosphoric acid groups is 2. The van der Waals surface area contributed by atoms with E-state index in [2.05, 4.69) is 34.6 Å². The molecule has 0 heterocycles. The molecule has 3 unspecified atom stereocenters. The molecule has 0 aromatic heterocycles. The Balaban J connectivity index is 5.23. The van der Waals surface area contributed by atoms with Crippen molar-refractivity contribution in [1.29, 1.82) is 0 Å². The van der Waals surface area contributed by atoms with Gasteiger partial charge in [0, 0.05) is 25.7 Å². The fourth-order valence-corrected chi connectivity index (χ4v) is 13.4. The average Bonchev–Trinajstić information content (AvgIpc) is 3.67. The molecule has 0 saturated carbocycles. The lowest BCUT2D eigenvalue weighted by Crippen LogP contribution is -2.30. The summed E-state index contributed by atoms with van der Waals surface area (Å²) in [6.45, 7) is 7.32. The van der Waals surface area contributed by atoms with Crippen LogP contribution in [0.1, 0.15) is 407 Å². The summed E-state index contributed by atoms with van der Waals surface area (Å²) in [5.41, 5.74) is 0. The molecular weight excluding hydrogens is 1260 g/mol. The molecule has 0 aliphatic rings. The highest BCUT2D eigenvalue weighted by Gasteiger charge is 2.30. The summed E-state index contributed by atoms with van der Waals surface area (Å²) in [4.78, 5) is 72.8. The molecule has 0 aliphatic carbocycles. The Morgan fingerprint density at radius 2 is 0.500 bits per heavy atom. The van der Waals surface area contributed by atoms with Crippen LogP contribution in [0.3, 0.4) is 0 Å². The van der Waals surface area contributed by atoms with E-state index in [1.54, 1.807) is 0 Å². The zero-order valence-electron chi connectivity index (χ0n) is 62.5. The summed E-state index contributed by atoms with van der Waals surface area (Å²) in [5, 5.41) is 10.6. The number of aliphatic hydroxyl groups excluding tert-OH is 1. The number of aliphatic hydroxyl groups is 1. The summed E-state index contributed by atoms with van der Waals surface area (Å²) in [7, 11) is -9.91. The van der Waals surface area contributed by atoms with Crippen molar-refractivity contribution in [2.75, 3.05) is 39.6 Å². The van der Waals surface area contributed by atoms with E-state index in [9.17, 15) is 43.2 Å². The van der Waals surface area contributed by atoms with Crippen molar-refractivity contribution in [2.24, 2.45) is 5.92 Å². The highest BCUT2D eigenvalue weighted by Crippen LogP contribution is 2.45. The van der Waals surface area contributed by atoms with Crippen molar-refractivity contribution < 1.29 is 80.2 Å². The SMILES string of the molecule is CCCCCCCCCCCCCCCCCCCCC(=O)O[C@H](COC(=O)CCCCCCCCCCCCCCCCC)COP(=O)(O)OC[C@@H](O)COP(=O)(O)OC[C@@H](COC(=O)CCCCCCCCCCC)OC(=O)CCCCCCCCCCCCC(C)CC. The predicted molar refractivity (Wildman–Crippen MR) is 391 cm³/mol. The van der Waals surface area contributed by atoms with Crippen molar-refractivity contribution in [1.82, 2.24) is 0 Å². The van der Waals surface area contributed by atoms with Gasteiger partial charge in [-0.05, 0) is 31.6 Å². The van der Waals surface area contributed by atoms with Gasteiger partial charge in [-0.1, -0.05) is 356 Å². The Hall–Kier alpha value is -1.94. The number of carbonyl (C=O) groups excluding carboxylic acids is 4. The van der Waals surface area contributed by atoms with Gasteiger partial charge in [0.2, 0.25) is 0 Å². The van der Waals surface area contributed by atoms with Crippen LogP contribution in [0, 0.1) is 5.92 Å². The summed E-state index contributed by atoms with van der Waals surface area (Å²) >= 11 is 0. The van der Waals surface area contributed by atoms with Gasteiger partial charge in [-0.3, -0.25) is 37.3 Å². The molecule has 0 aromatic carbocycles. The smallest absolute Gasteiger partial charge is 0.462 e. The number of esters is 4. The van der Waals surface area contributed by atoms with Crippen LogP contribution in [0.15, 0.2) is 0 Å². The topological polar surface area (TPSA) is 237 Å². The van der Waals surface area contributed by atoms with Crippen molar-refractivity contribution in [2.45, 2.75) is 425 Å². The first kappa shape index (κ1) is 94.1. The third kappa shape index (κ3) is 69.2. The molecule has 6 atom stereocenters. The van der Waals surface area contributed by atoms with Crippen LogP contribution in [0.2, 0.25) is 0 Å². The van der Waals surface area contributed by atoms with Gasteiger partial charge in [0.15, 0.2) is 12.2 Å². The molecular formula is C77H150O17P2. The normalized spacial score (nSPS) is 14.2. The van der Waals surface area contributed by atoms with Crippen LogP contribution in [-0.4, -0.2) is 96.7 Å². The van der Waals surface area contributed by atoms with Crippen molar-refractivity contribution in [3.63, 3.8) is 0 Å². The summed E-state index contributed by atoms with van der Waals surface area (Å²) in [5.74, 6) is -1.31. The standard InChI is InChI=1S/C77H150O17P2/c1-6-10-13-16-19-22-24-26-28-29-30-32-34-36-42-47-52-57-62-76(81)93-73(67-88-75(80)61-56-51-46-41-35-33-31-27-25-23-20-17-14-11-7-2)69-92-96(85,86)90-65-71(78)64-89-95(83,84)91-68-72(66-87-74(79)60-55-50-45-39-21-18-15-12-8-3)94-77(82)63-58-53-48-43-38-37-40-44-49-54-59-70(5)9-4/h70-73,78H,6-69H2,1-5H3,(H,83,84)(H,85,86)/t70?,71-,72+,73+/m0/s1. The molecule has 3 N–H and O–H groups in total. The lowest BCUT2D eigenvalue weighted by molar-refractivity contribution is -0.161. The first-order valence-corrected chi connectivity index (χ1v) is 43.2. The summed E-state index contributed by atoms with van der Waals surface area (Å²) in [6, 6.07) is 0. The highest BCUT2D eigenvalue weighted by molar-refractivity contribution is 7.47. The predicted octanol–water partition coefficient (Wildman–Crippen LogP) is 22.9. The molecule has 17 nitrogen and oxygen atoms in total. The lowest BCUT2D eigenvalue weighted by Gasteiger charge is -2.21. The molecule has 0 spiro atoms. The Kier molecular flexibility index (Phi) is 68.7. The number of unbranched alkanes of at least 4 members (excludes halogenated alkanes) is 48. The molecule has 0 rings (SSSR count). The van der Waals surface area contributed by atoms with Crippen LogP contribution in [0.4, 0.5) is 0 Å². The molecule has 0 aliphatic heterocycles. The number of hydrogen-bond acceptors (Lipinski definition) is 15. The third-order valence-electron chi connectivity index (χ3n) is 18.4. The zero-order chi connectivity index (χ0) is 70.5. The fraction of sp³-hybridized carbons (Fsp3) is 0.948. The van der Waals surface area contributed by atoms with Gasteiger partial charge in [-0.2, -0.15) is 0 Å². The minimum atomic E-state index is -4.96. The van der Waals surface area contributed by atoms with E-state index in [0.29, 0.717) is 25.7 Å². The van der Waals surface area contributed by atoms with E-state index in [-0.39, 0.29) is 25.7 Å². The van der Waals surface area contributed by atoms with Crippen molar-refractivity contribution >= 4 is 39.5 Å². The second kappa shape index (κ2) is 70.1. The van der Waals surface area contributed by atoms with Gasteiger partial charge in [0.05, 0.1) is 26.4 Å². The second-order valence-electron chi connectivity index (χ2n) is 28.0. The monoisotopic (exact) mass is 1410 g/mol. The maximum Gasteiger partial charge on any atom is 0.472 e. The number of phosphoric ester groups is 2. The quantitative estimate of drug-likeness (QED) is 0.0222. The van der Waals surface area contributed by atoms with Crippen molar-refractivity contribution in [3.8, 4) is 0 Å². The molecule has 0 amide bonds. The number of carbonyl (C=O) groups is 4. The fourth-order valence-electron chi connectivity index (χ4n) is 11.8. The van der Waals surface area contributed by atoms with Crippen LogP contribution < -0.4 is 0 Å². The van der Waals surface area contributed by atoms with Gasteiger partial charge in [-0.25, -0.2) is 9.13 Å². The first-order valence-electron chi connectivity index (χ1n) is 40.2. The van der Waals surface area contributed by atoms with Gasteiger partial charge >= 0.3 is 39.5 Å². The first-order chi connectivity index (χ1) is 46.6. The molecule has 96 heavy (non-hydrogen) atoms. The van der Waals surface area contributed by atoms with Gasteiger partial charge in [-0.15, -0.1) is 0 Å². The Morgan fingerprint density at radius 1 is 0.292 bits per heavy atom. The van der Waals surface area contributed by atoms with Gasteiger partial charge in [0.1, 0.15) is 19.3 Å². The van der Waals surface area contributed by atoms with E-state index in [1.807, 2.05) is 0 Å². The maximum absolute atomic E-state index is 13.1. The van der Waals surface area contributed by atoms with E-state index in [4.69, 9.17) is 37.0 Å². The van der Waals surface area contributed by atoms with E-state index in [0.717, 1.165) is 95.8 Å². The molecule has 0 fully saturated rings. The van der Waals surface area contributed by atoms with Crippen LogP contribution >= 0.6 is 15.6 Å². The summed E-state index contributed by atoms with van der Waals surface area (Å²) < 4.78 is 68.6. The molecule has 0 aromatic rings. The van der Waals surface area contributed by atoms with E-state index < -0.39 is 97.5 Å². The minimum absolute atomic E-state index is 0.107. The van der Waals surface area contributed by atoms with E-state index in [1.165, 1.54) is 231 Å². The number of ether oxygens (including phenoxy) is 4. The molecule has 0 bridgehead atoms. The number of rotatable bonds is 77. The van der Waals surface area contributed by atoms with Crippen LogP contribution in [0.5, 0.6) is 0 Å². The van der Waals surface area contributed by atoms with Gasteiger partial charge < -0.3 is 33.8 Å². The average molecular weight is 1410 g/mol. The largest absolute Gasteiger partial charge is 0.472 e. The van der Waals surface area contributed by atoms with E-state index >= 15 is 0 Å². The lowest BCUT2D eigenvalue weighted by atomic mass is 9.99. The molecule has 0 radical (unpaired) electrons. The highest BCUT2D eigenvalue weighted by atomic mass is 31.2. The molecule has 0 saturated heterocycles. The van der Waals surface area contributed by atoms with Crippen LogP contribution in [-0.2, 0) is 65.4 Å². The third-order valence-corrected chi connectivity index (χ3v) is 20.3. The molecule has 19 heteroatoms. The number of hydrogen-bond donors (Lipinski definition) is 3. The minimum Gasteiger partial charge on any atom is -0.462 e. The van der Waals surface area contributed by atoms with Crippen LogP contribution in [0.25, 0.3) is 0 Å². The van der Waals surface area contributed by atoms with Gasteiger partial charge in [0.25, 0.3) is 0 Å². The Morgan fingerprint density at radius 3 is 0.740 bits per heavy atom. The maximum atomic E-state index is 13.1.